The van der Waals surface area contributed by atoms with E-state index in [1.165, 1.54) is 11.8 Å². The topological polar surface area (TPSA) is 81.2 Å². The SMILES string of the molecule is O=C(COC(=O)c1cc(-c2ccccn2)nc2ccccc12)Nc1ccccc1Sc1ccc(Cl)cc1. The zero-order valence-electron chi connectivity index (χ0n) is 19.4. The van der Waals surface area contributed by atoms with Gasteiger partial charge in [0.15, 0.2) is 6.61 Å². The van der Waals surface area contributed by atoms with Crippen molar-refractivity contribution in [2.45, 2.75) is 9.79 Å². The van der Waals surface area contributed by atoms with Gasteiger partial charge in [0, 0.05) is 26.4 Å². The first kappa shape index (κ1) is 24.5. The van der Waals surface area contributed by atoms with Crippen LogP contribution < -0.4 is 5.32 Å². The van der Waals surface area contributed by atoms with Crippen molar-refractivity contribution in [1.82, 2.24) is 9.97 Å². The molecule has 0 aliphatic heterocycles. The Morgan fingerprint density at radius 1 is 0.865 bits per heavy atom. The molecule has 0 aliphatic carbocycles. The Hall–Kier alpha value is -4.20. The van der Waals surface area contributed by atoms with E-state index in [0.29, 0.717) is 38.6 Å². The summed E-state index contributed by atoms with van der Waals surface area (Å²) in [4.78, 5) is 36.6. The van der Waals surface area contributed by atoms with Crippen LogP contribution in [0.4, 0.5) is 5.69 Å². The molecule has 0 bridgehead atoms. The molecule has 1 amide bonds. The van der Waals surface area contributed by atoms with Gasteiger partial charge >= 0.3 is 5.97 Å². The van der Waals surface area contributed by atoms with Crippen LogP contribution in [0.25, 0.3) is 22.3 Å². The molecular formula is C29H20ClN3O3S. The number of carbonyl (C=O) groups is 2. The average molecular weight is 526 g/mol. The number of halogens is 1. The largest absolute Gasteiger partial charge is 0.452 e. The first-order valence-corrected chi connectivity index (χ1v) is 12.6. The normalized spacial score (nSPS) is 10.7. The number of fused-ring (bicyclic) bond motifs is 1. The van der Waals surface area contributed by atoms with Crippen molar-refractivity contribution in [1.29, 1.82) is 0 Å². The van der Waals surface area contributed by atoms with E-state index in [2.05, 4.69) is 15.3 Å². The highest BCUT2D eigenvalue weighted by molar-refractivity contribution is 7.99. The van der Waals surface area contributed by atoms with E-state index in [0.717, 1.165) is 9.79 Å². The fourth-order valence-electron chi connectivity index (χ4n) is 3.67. The number of benzene rings is 3. The lowest BCUT2D eigenvalue weighted by atomic mass is 10.1. The number of aromatic nitrogens is 2. The van der Waals surface area contributed by atoms with E-state index in [1.54, 1.807) is 24.4 Å². The van der Waals surface area contributed by atoms with Gasteiger partial charge in [0.2, 0.25) is 0 Å². The van der Waals surface area contributed by atoms with Crippen molar-refractivity contribution in [2.75, 3.05) is 11.9 Å². The Balaban J connectivity index is 1.31. The zero-order valence-corrected chi connectivity index (χ0v) is 21.0. The van der Waals surface area contributed by atoms with Gasteiger partial charge in [-0.15, -0.1) is 0 Å². The first-order chi connectivity index (χ1) is 18.1. The third-order valence-corrected chi connectivity index (χ3v) is 6.74. The number of ether oxygens (including phenoxy) is 1. The van der Waals surface area contributed by atoms with Gasteiger partial charge in [-0.25, -0.2) is 9.78 Å². The second-order valence-electron chi connectivity index (χ2n) is 7.96. The molecule has 182 valence electrons. The predicted molar refractivity (Wildman–Crippen MR) is 146 cm³/mol. The van der Waals surface area contributed by atoms with Crippen LogP contribution in [0, 0.1) is 0 Å². The second-order valence-corrected chi connectivity index (χ2v) is 9.52. The fraction of sp³-hybridized carbons (Fsp3) is 0.0345. The number of pyridine rings is 2. The maximum atomic E-state index is 13.1. The van der Waals surface area contributed by atoms with Crippen LogP contribution in [0.15, 0.2) is 113 Å². The Morgan fingerprint density at radius 3 is 2.43 bits per heavy atom. The maximum Gasteiger partial charge on any atom is 0.339 e. The molecule has 0 saturated carbocycles. The van der Waals surface area contributed by atoms with Gasteiger partial charge in [0.25, 0.3) is 5.91 Å². The quantitative estimate of drug-likeness (QED) is 0.233. The number of anilines is 1. The second kappa shape index (κ2) is 11.2. The van der Waals surface area contributed by atoms with Crippen molar-refractivity contribution >= 4 is 51.8 Å². The smallest absolute Gasteiger partial charge is 0.339 e. The molecule has 3 aromatic carbocycles. The third kappa shape index (κ3) is 5.97. The van der Waals surface area contributed by atoms with E-state index < -0.39 is 18.5 Å². The predicted octanol–water partition coefficient (Wildman–Crippen LogP) is 6.90. The van der Waals surface area contributed by atoms with E-state index in [-0.39, 0.29) is 0 Å². The molecule has 6 nitrogen and oxygen atoms in total. The number of nitrogens with one attached hydrogen (secondary N) is 1. The van der Waals surface area contributed by atoms with Crippen LogP contribution in [0.5, 0.6) is 0 Å². The summed E-state index contributed by atoms with van der Waals surface area (Å²) in [6.07, 6.45) is 1.66. The van der Waals surface area contributed by atoms with E-state index in [9.17, 15) is 9.59 Å². The van der Waals surface area contributed by atoms with Crippen LogP contribution in [0.2, 0.25) is 5.02 Å². The summed E-state index contributed by atoms with van der Waals surface area (Å²) < 4.78 is 5.41. The van der Waals surface area contributed by atoms with Gasteiger partial charge < -0.3 is 10.1 Å². The summed E-state index contributed by atoms with van der Waals surface area (Å²) in [5.74, 6) is -1.06. The number of rotatable bonds is 7. The minimum absolute atomic E-state index is 0.317. The van der Waals surface area contributed by atoms with Crippen molar-refractivity contribution < 1.29 is 14.3 Å². The van der Waals surface area contributed by atoms with Crippen molar-refractivity contribution in [3.8, 4) is 11.4 Å². The molecule has 0 atom stereocenters. The lowest BCUT2D eigenvalue weighted by Crippen LogP contribution is -2.21. The molecule has 0 radical (unpaired) electrons. The highest BCUT2D eigenvalue weighted by atomic mass is 35.5. The summed E-state index contributed by atoms with van der Waals surface area (Å²) in [5.41, 5.74) is 2.75. The van der Waals surface area contributed by atoms with E-state index >= 15 is 0 Å². The molecule has 37 heavy (non-hydrogen) atoms. The molecule has 8 heteroatoms. The van der Waals surface area contributed by atoms with Crippen molar-refractivity contribution in [3.05, 3.63) is 114 Å². The van der Waals surface area contributed by atoms with Gasteiger partial charge in [-0.3, -0.25) is 9.78 Å². The summed E-state index contributed by atoms with van der Waals surface area (Å²) in [6, 6.07) is 29.3. The molecule has 1 N–H and O–H groups in total. The lowest BCUT2D eigenvalue weighted by molar-refractivity contribution is -0.119. The van der Waals surface area contributed by atoms with Gasteiger partial charge in [0.1, 0.15) is 0 Å². The highest BCUT2D eigenvalue weighted by Crippen LogP contribution is 2.34. The average Bonchev–Trinajstić information content (AvgIpc) is 2.94. The number of hydrogen-bond acceptors (Lipinski definition) is 6. The standard InChI is InChI=1S/C29H20ClN3O3S/c30-19-12-14-20(15-13-19)37-27-11-4-3-10-25(27)33-28(34)18-36-29(35)22-17-26(24-9-5-6-16-31-24)32-23-8-2-1-7-21(22)23/h1-17H,18H2,(H,33,34). The number of para-hydroxylation sites is 2. The minimum Gasteiger partial charge on any atom is -0.452 e. The number of nitrogens with zero attached hydrogens (tertiary/aromatic N) is 2. The number of carbonyl (C=O) groups excluding carboxylic acids is 2. The number of hydrogen-bond donors (Lipinski definition) is 1. The molecule has 5 rings (SSSR count). The van der Waals surface area contributed by atoms with Crippen LogP contribution in [0.1, 0.15) is 10.4 Å². The number of esters is 1. The third-order valence-electron chi connectivity index (χ3n) is 5.40. The Bertz CT molecular complexity index is 1580. The van der Waals surface area contributed by atoms with Crippen molar-refractivity contribution in [2.24, 2.45) is 0 Å². The first-order valence-electron chi connectivity index (χ1n) is 11.4. The van der Waals surface area contributed by atoms with Gasteiger partial charge in [-0.05, 0) is 60.7 Å². The maximum absolute atomic E-state index is 13.1. The summed E-state index contributed by atoms with van der Waals surface area (Å²) in [6.45, 7) is -0.436. The van der Waals surface area contributed by atoms with Crippen molar-refractivity contribution in [3.63, 3.8) is 0 Å². The summed E-state index contributed by atoms with van der Waals surface area (Å²) >= 11 is 7.47. The van der Waals surface area contributed by atoms with Crippen LogP contribution in [-0.2, 0) is 9.53 Å². The van der Waals surface area contributed by atoms with Gasteiger partial charge in [-0.2, -0.15) is 0 Å². The molecule has 0 aliphatic rings. The highest BCUT2D eigenvalue weighted by Gasteiger charge is 2.17. The lowest BCUT2D eigenvalue weighted by Gasteiger charge is -2.12. The van der Waals surface area contributed by atoms with Gasteiger partial charge in [0.05, 0.1) is 28.2 Å². The Kier molecular flexibility index (Phi) is 7.44. The van der Waals surface area contributed by atoms with Crippen LogP contribution >= 0.6 is 23.4 Å². The molecule has 0 saturated heterocycles. The van der Waals surface area contributed by atoms with E-state index in [4.69, 9.17) is 16.3 Å². The minimum atomic E-state index is -0.616. The summed E-state index contributed by atoms with van der Waals surface area (Å²) in [7, 11) is 0. The molecule has 0 fully saturated rings. The number of amides is 1. The van der Waals surface area contributed by atoms with E-state index in [1.807, 2.05) is 78.9 Å². The molecule has 2 heterocycles. The molecule has 0 spiro atoms. The van der Waals surface area contributed by atoms with Crippen LogP contribution in [0.3, 0.4) is 0 Å². The van der Waals surface area contributed by atoms with Crippen LogP contribution in [-0.4, -0.2) is 28.5 Å². The fourth-order valence-corrected chi connectivity index (χ4v) is 4.70. The summed E-state index contributed by atoms with van der Waals surface area (Å²) in [5, 5.41) is 4.13. The van der Waals surface area contributed by atoms with Gasteiger partial charge in [-0.1, -0.05) is 59.8 Å². The molecule has 0 unspecified atom stereocenters. The zero-order chi connectivity index (χ0) is 25.6. The Labute approximate surface area is 222 Å². The molecule has 2 aromatic heterocycles. The molecular weight excluding hydrogens is 506 g/mol. The molecule has 5 aromatic rings. The Morgan fingerprint density at radius 2 is 1.62 bits per heavy atom. The monoisotopic (exact) mass is 525 g/mol.